The van der Waals surface area contributed by atoms with Crippen LogP contribution in [0, 0.1) is 11.6 Å². The summed E-state index contributed by atoms with van der Waals surface area (Å²) in [6.45, 7) is 16.5. The van der Waals surface area contributed by atoms with E-state index in [9.17, 15) is 18.4 Å². The fraction of sp³-hybridized carbons (Fsp3) is 0.282. The van der Waals surface area contributed by atoms with Crippen LogP contribution < -0.4 is 29.6 Å². The SMILES string of the molecule is CO[C@@H]1COc2c(S(=O)(=NC(c3ccccc3)(c3ccccc3)c3ccccc3)NC(=O)Nc3c(C(C)C)cc(F)cc3C(C)C)cnn2C1.CO[C@@H]1COc2c(S(=O)(=NC(c3ccccc3)(c3ccccc3)c3ccccc3)NC(=O)Nc3c(C(C)C)cc(F)cc3C(C)C)cnn2C1. The summed E-state index contributed by atoms with van der Waals surface area (Å²) >= 11 is 0. The molecule has 12 rings (SSSR count). The van der Waals surface area contributed by atoms with E-state index in [1.165, 1.54) is 36.7 Å². The van der Waals surface area contributed by atoms with Crippen molar-refractivity contribution in [2.24, 2.45) is 8.73 Å². The smallest absolute Gasteiger partial charge is 0.331 e. The number of fused-ring (bicyclic) bond motifs is 2. The normalized spacial score (nSPS) is 15.6. The van der Waals surface area contributed by atoms with E-state index in [1.54, 1.807) is 23.6 Å². The number of hydrogen-bond donors (Lipinski definition) is 4. The van der Waals surface area contributed by atoms with Gasteiger partial charge in [-0.2, -0.15) is 18.9 Å². The summed E-state index contributed by atoms with van der Waals surface area (Å²) in [7, 11) is -4.71. The van der Waals surface area contributed by atoms with E-state index in [4.69, 9.17) is 27.7 Å². The lowest BCUT2D eigenvalue weighted by molar-refractivity contribution is 0.0165. The number of rotatable bonds is 20. The third-order valence-corrected chi connectivity index (χ3v) is 21.5. The molecule has 0 fully saturated rings. The quantitative estimate of drug-likeness (QED) is 0.0530. The van der Waals surface area contributed by atoms with Crippen LogP contribution in [0.5, 0.6) is 11.8 Å². The van der Waals surface area contributed by atoms with Gasteiger partial charge in [-0.05, 0) is 104 Å². The number of benzene rings is 8. The number of nitrogens with zero attached hydrogens (tertiary/aromatic N) is 6. The van der Waals surface area contributed by atoms with Crippen molar-refractivity contribution >= 4 is 43.3 Å². The standard InChI is InChI=1S/2C39H42FN5O4S/c2*1-26(2)33-21-31(40)22-34(27(3)4)36(33)42-38(46)43-50(47,35-23-41-45-24-32(48-5)25-49-37(35)45)44-39(28-15-9-6-10-16-28,29-17-11-7-12-18-29)30-19-13-8-14-20-30/h2*6-23,26-27,32H,24-25H2,1-5H3,(H2,42,43,44,46,47)/t2*32-,50?/m00/s1. The average molecular weight is 1390 g/mol. The Hall–Kier alpha value is -10.0. The summed E-state index contributed by atoms with van der Waals surface area (Å²) in [6, 6.07) is 61.5. The number of hydrogen-bond acceptors (Lipinski definition) is 12. The molecule has 0 saturated carbocycles. The molecule has 0 aliphatic carbocycles. The van der Waals surface area contributed by atoms with Crippen molar-refractivity contribution in [3.05, 3.63) is 286 Å². The molecule has 18 nitrogen and oxygen atoms in total. The predicted octanol–water partition coefficient (Wildman–Crippen LogP) is 16.5. The molecule has 10 aromatic rings. The monoisotopic (exact) mass is 1390 g/mol. The first kappa shape index (κ1) is 71.3. The first-order valence-electron chi connectivity index (χ1n) is 33.3. The molecule has 2 aliphatic heterocycles. The van der Waals surface area contributed by atoms with Crippen molar-refractivity contribution in [2.45, 2.75) is 125 Å². The number of ether oxygens (including phenoxy) is 4. The maximum atomic E-state index is 15.9. The van der Waals surface area contributed by atoms with Gasteiger partial charge in [0, 0.05) is 25.6 Å². The lowest BCUT2D eigenvalue weighted by Crippen LogP contribution is -2.39. The Morgan fingerprint density at radius 3 is 0.940 bits per heavy atom. The molecule has 4 N–H and O–H groups in total. The maximum Gasteiger partial charge on any atom is 0.331 e. The molecule has 2 aromatic heterocycles. The number of urea groups is 2. The highest BCUT2D eigenvalue weighted by Crippen LogP contribution is 2.46. The van der Waals surface area contributed by atoms with Crippen LogP contribution in [-0.4, -0.2) is 79.7 Å². The molecule has 4 atom stereocenters. The molecular formula is C78H84F2N10O8S2. The van der Waals surface area contributed by atoms with E-state index in [2.05, 4.69) is 30.3 Å². The van der Waals surface area contributed by atoms with Gasteiger partial charge in [0.25, 0.3) is 0 Å². The summed E-state index contributed by atoms with van der Waals surface area (Å²) in [6.07, 6.45) is 2.34. The van der Waals surface area contributed by atoms with E-state index >= 15 is 8.42 Å². The zero-order chi connectivity index (χ0) is 70.9. The van der Waals surface area contributed by atoms with Crippen LogP contribution in [0.15, 0.2) is 237 Å². The van der Waals surface area contributed by atoms with E-state index in [-0.39, 0.29) is 70.6 Å². The molecular weight excluding hydrogens is 1310 g/mol. The van der Waals surface area contributed by atoms with Crippen LogP contribution >= 0.6 is 0 Å². The summed E-state index contributed by atoms with van der Waals surface area (Å²) in [5.74, 6) is -0.778. The lowest BCUT2D eigenvalue weighted by atomic mass is 9.78. The van der Waals surface area contributed by atoms with Gasteiger partial charge in [0.1, 0.15) is 57.9 Å². The number of amides is 4. The molecule has 0 spiro atoms. The lowest BCUT2D eigenvalue weighted by Gasteiger charge is -2.33. The van der Waals surface area contributed by atoms with Gasteiger partial charge in [-0.25, -0.2) is 45.6 Å². The van der Waals surface area contributed by atoms with Gasteiger partial charge in [-0.1, -0.05) is 237 Å². The number of methoxy groups -OCH3 is 2. The molecule has 4 amide bonds. The number of anilines is 2. The second-order valence-corrected chi connectivity index (χ2v) is 29.6. The predicted molar refractivity (Wildman–Crippen MR) is 387 cm³/mol. The number of aromatic nitrogens is 4. The second kappa shape index (κ2) is 30.6. The first-order valence-corrected chi connectivity index (χ1v) is 36.3. The van der Waals surface area contributed by atoms with Gasteiger partial charge in [0.2, 0.25) is 11.8 Å². The largest absolute Gasteiger partial charge is 0.474 e. The molecule has 8 aromatic carbocycles. The highest BCUT2D eigenvalue weighted by molar-refractivity contribution is 7.92. The number of halogens is 2. The fourth-order valence-corrected chi connectivity index (χ4v) is 16.4. The summed E-state index contributed by atoms with van der Waals surface area (Å²) in [4.78, 5) is 28.8. The molecule has 0 bridgehead atoms. The number of nitrogens with one attached hydrogen (secondary N) is 4. The number of carbonyl (C=O) groups is 2. The van der Waals surface area contributed by atoms with Crippen molar-refractivity contribution in [1.82, 2.24) is 29.0 Å². The average Bonchev–Trinajstić information content (AvgIpc) is 1.11. The Kier molecular flexibility index (Phi) is 21.8. The zero-order valence-corrected chi connectivity index (χ0v) is 59.2. The summed E-state index contributed by atoms with van der Waals surface area (Å²) in [5, 5.41) is 14.9. The van der Waals surface area contributed by atoms with Crippen molar-refractivity contribution < 1.29 is 45.7 Å². The van der Waals surface area contributed by atoms with Crippen LogP contribution in [0.25, 0.3) is 0 Å². The third kappa shape index (κ3) is 14.8. The van der Waals surface area contributed by atoms with Crippen LogP contribution in [0.4, 0.5) is 29.7 Å². The molecule has 0 radical (unpaired) electrons. The van der Waals surface area contributed by atoms with Crippen molar-refractivity contribution in [3.63, 3.8) is 0 Å². The molecule has 2 aliphatic rings. The van der Waals surface area contributed by atoms with Crippen LogP contribution in [-0.2, 0) is 53.5 Å². The van der Waals surface area contributed by atoms with Gasteiger partial charge in [-0.3, -0.25) is 0 Å². The Morgan fingerprint density at radius 1 is 0.460 bits per heavy atom. The Labute approximate surface area is 584 Å². The third-order valence-electron chi connectivity index (χ3n) is 17.8. The first-order chi connectivity index (χ1) is 48.1. The molecule has 0 saturated heterocycles. The Bertz CT molecular complexity index is 4200. The van der Waals surface area contributed by atoms with Crippen molar-refractivity contribution in [1.29, 1.82) is 0 Å². The summed E-state index contributed by atoms with van der Waals surface area (Å²) < 4.78 is 104. The van der Waals surface area contributed by atoms with Crippen LogP contribution in [0.2, 0.25) is 0 Å². The highest BCUT2D eigenvalue weighted by Gasteiger charge is 2.43. The minimum atomic E-state index is -3.95. The van der Waals surface area contributed by atoms with Gasteiger partial charge in [0.15, 0.2) is 19.8 Å². The van der Waals surface area contributed by atoms with Gasteiger partial charge in [0.05, 0.1) is 25.5 Å². The fourth-order valence-electron chi connectivity index (χ4n) is 12.7. The minimum absolute atomic E-state index is 0.112. The molecule has 2 unspecified atom stereocenters. The van der Waals surface area contributed by atoms with Gasteiger partial charge in [-0.15, -0.1) is 0 Å². The minimum Gasteiger partial charge on any atom is -0.474 e. The number of carbonyl (C=O) groups excluding carboxylic acids is 2. The highest BCUT2D eigenvalue weighted by atomic mass is 32.2. The topological polar surface area (TPSA) is 214 Å². The maximum absolute atomic E-state index is 15.9. The van der Waals surface area contributed by atoms with Crippen LogP contribution in [0.1, 0.15) is 135 Å². The Balaban J connectivity index is 0.000000202. The van der Waals surface area contributed by atoms with Crippen LogP contribution in [0.3, 0.4) is 0 Å². The van der Waals surface area contributed by atoms with Crippen molar-refractivity contribution in [3.8, 4) is 11.8 Å². The molecule has 22 heteroatoms. The van der Waals surface area contributed by atoms with Gasteiger partial charge >= 0.3 is 12.1 Å². The molecule has 100 heavy (non-hydrogen) atoms. The zero-order valence-electron chi connectivity index (χ0n) is 57.6. The Morgan fingerprint density at radius 2 is 0.710 bits per heavy atom. The van der Waals surface area contributed by atoms with Gasteiger partial charge < -0.3 is 29.6 Å². The second-order valence-electron chi connectivity index (χ2n) is 25.8. The van der Waals surface area contributed by atoms with Crippen molar-refractivity contribution in [2.75, 3.05) is 38.1 Å². The molecule has 4 heterocycles. The van der Waals surface area contributed by atoms with E-state index in [1.807, 2.05) is 237 Å². The van der Waals surface area contributed by atoms with E-state index in [0.29, 0.717) is 46.7 Å². The van der Waals surface area contributed by atoms with E-state index in [0.717, 1.165) is 33.4 Å². The van der Waals surface area contributed by atoms with E-state index < -0.39 is 54.6 Å². The summed E-state index contributed by atoms with van der Waals surface area (Å²) in [5.41, 5.74) is 5.08. The molecule has 520 valence electrons.